The lowest BCUT2D eigenvalue weighted by molar-refractivity contribution is -0.289. The van der Waals surface area contributed by atoms with Crippen LogP contribution < -0.4 is 0 Å². The van der Waals surface area contributed by atoms with Crippen LogP contribution in [0.1, 0.15) is 23.6 Å². The summed E-state index contributed by atoms with van der Waals surface area (Å²) in [6, 6.07) is 30.0. The van der Waals surface area contributed by atoms with E-state index >= 15 is 0 Å². The number of rotatable bonds is 10. The van der Waals surface area contributed by atoms with Crippen molar-refractivity contribution < 1.29 is 24.1 Å². The van der Waals surface area contributed by atoms with Crippen molar-refractivity contribution in [3.8, 4) is 0 Å². The normalized spacial score (nSPS) is 25.1. The lowest BCUT2D eigenvalue weighted by Crippen LogP contribution is -2.56. The molecule has 0 bridgehead atoms. The van der Waals surface area contributed by atoms with Crippen LogP contribution in [0.15, 0.2) is 91.0 Å². The summed E-state index contributed by atoms with van der Waals surface area (Å²) in [5, 5.41) is 10.6. The third kappa shape index (κ3) is 6.73. The number of ether oxygens (including phenoxy) is 4. The van der Waals surface area contributed by atoms with Crippen molar-refractivity contribution in [2.75, 3.05) is 6.61 Å². The molecule has 0 aliphatic carbocycles. The molecule has 5 heteroatoms. The summed E-state index contributed by atoms with van der Waals surface area (Å²) in [5.41, 5.74) is 3.23. The molecule has 33 heavy (non-hydrogen) atoms. The minimum atomic E-state index is -0.951. The van der Waals surface area contributed by atoms with Crippen LogP contribution in [-0.4, -0.2) is 36.3 Å². The highest BCUT2D eigenvalue weighted by Gasteiger charge is 2.45. The highest BCUT2D eigenvalue weighted by Crippen LogP contribution is 2.31. The van der Waals surface area contributed by atoms with Gasteiger partial charge in [0.2, 0.25) is 0 Å². The number of aliphatic hydroxyl groups is 1. The zero-order valence-corrected chi connectivity index (χ0v) is 19.0. The Morgan fingerprint density at radius 1 is 0.667 bits per heavy atom. The predicted molar refractivity (Wildman–Crippen MR) is 126 cm³/mol. The first-order chi connectivity index (χ1) is 16.2. The molecule has 1 heterocycles. The van der Waals surface area contributed by atoms with Gasteiger partial charge >= 0.3 is 0 Å². The molecule has 174 valence electrons. The van der Waals surface area contributed by atoms with Crippen LogP contribution in [0.5, 0.6) is 0 Å². The highest BCUT2D eigenvalue weighted by atomic mass is 16.6. The molecule has 3 aromatic carbocycles. The van der Waals surface area contributed by atoms with E-state index < -0.39 is 12.4 Å². The van der Waals surface area contributed by atoms with Crippen molar-refractivity contribution in [1.29, 1.82) is 0 Å². The Morgan fingerprint density at radius 2 is 1.12 bits per heavy atom. The van der Waals surface area contributed by atoms with Gasteiger partial charge in [0, 0.05) is 5.92 Å². The molecular weight excluding hydrogens is 416 g/mol. The molecule has 1 saturated heterocycles. The van der Waals surface area contributed by atoms with Crippen molar-refractivity contribution in [3.05, 3.63) is 108 Å². The second kappa shape index (κ2) is 12.1. The van der Waals surface area contributed by atoms with Gasteiger partial charge in [-0.05, 0) is 16.7 Å². The Morgan fingerprint density at radius 3 is 1.64 bits per heavy atom. The minimum Gasteiger partial charge on any atom is -0.374 e. The van der Waals surface area contributed by atoms with Gasteiger partial charge in [0.15, 0.2) is 6.29 Å². The van der Waals surface area contributed by atoms with Crippen LogP contribution in [0.4, 0.5) is 0 Å². The van der Waals surface area contributed by atoms with Gasteiger partial charge in [-0.1, -0.05) is 97.9 Å². The summed E-state index contributed by atoms with van der Waals surface area (Å²) >= 11 is 0. The van der Waals surface area contributed by atoms with E-state index in [9.17, 15) is 5.11 Å². The molecule has 5 nitrogen and oxygen atoms in total. The molecule has 0 spiro atoms. The summed E-state index contributed by atoms with van der Waals surface area (Å²) in [5.74, 6) is -0.250. The van der Waals surface area contributed by atoms with Gasteiger partial charge in [-0.25, -0.2) is 0 Å². The lowest BCUT2D eigenvalue weighted by Gasteiger charge is -2.43. The van der Waals surface area contributed by atoms with E-state index in [1.165, 1.54) is 0 Å². The van der Waals surface area contributed by atoms with Gasteiger partial charge in [0.25, 0.3) is 0 Å². The Balaban J connectivity index is 1.46. The number of benzene rings is 3. The Labute approximate surface area is 195 Å². The quantitative estimate of drug-likeness (QED) is 0.486. The van der Waals surface area contributed by atoms with Crippen molar-refractivity contribution >= 4 is 0 Å². The van der Waals surface area contributed by atoms with E-state index in [-0.39, 0.29) is 18.1 Å². The smallest absolute Gasteiger partial charge is 0.160 e. The number of aliphatic hydroxyl groups excluding tert-OH is 1. The van der Waals surface area contributed by atoms with Crippen LogP contribution in [0.2, 0.25) is 0 Å². The Bertz CT molecular complexity index is 934. The second-order valence-electron chi connectivity index (χ2n) is 8.45. The minimum absolute atomic E-state index is 0.250. The first-order valence-electron chi connectivity index (χ1n) is 11.5. The summed E-state index contributed by atoms with van der Waals surface area (Å²) in [6.07, 6.45) is -2.14. The van der Waals surface area contributed by atoms with E-state index in [4.69, 9.17) is 18.9 Å². The monoisotopic (exact) mass is 448 g/mol. The molecule has 1 fully saturated rings. The molecule has 4 rings (SSSR count). The van der Waals surface area contributed by atoms with E-state index in [1.54, 1.807) is 0 Å². The first-order valence-corrected chi connectivity index (χ1v) is 11.5. The van der Waals surface area contributed by atoms with E-state index in [2.05, 4.69) is 0 Å². The van der Waals surface area contributed by atoms with Crippen LogP contribution in [0.3, 0.4) is 0 Å². The van der Waals surface area contributed by atoms with Crippen LogP contribution in [-0.2, 0) is 38.8 Å². The van der Waals surface area contributed by atoms with E-state index in [0.717, 1.165) is 16.7 Å². The Hall–Kier alpha value is -2.54. The van der Waals surface area contributed by atoms with Crippen LogP contribution in [0.25, 0.3) is 0 Å². The number of hydrogen-bond donors (Lipinski definition) is 1. The summed E-state index contributed by atoms with van der Waals surface area (Å²) in [7, 11) is 0. The average Bonchev–Trinajstić information content (AvgIpc) is 2.86. The third-order valence-electron chi connectivity index (χ3n) is 5.94. The first kappa shape index (κ1) is 23.6. The molecule has 0 saturated carbocycles. The van der Waals surface area contributed by atoms with Crippen molar-refractivity contribution in [3.63, 3.8) is 0 Å². The molecule has 3 aromatic rings. The zero-order valence-electron chi connectivity index (χ0n) is 19.0. The second-order valence-corrected chi connectivity index (χ2v) is 8.45. The maximum atomic E-state index is 10.6. The molecule has 0 aromatic heterocycles. The van der Waals surface area contributed by atoms with Gasteiger partial charge in [-0.2, -0.15) is 0 Å². The molecule has 0 unspecified atom stereocenters. The molecule has 5 atom stereocenters. The van der Waals surface area contributed by atoms with Gasteiger partial charge in [0.1, 0.15) is 12.2 Å². The maximum Gasteiger partial charge on any atom is 0.160 e. The zero-order chi connectivity index (χ0) is 22.9. The fraction of sp³-hybridized carbons (Fsp3) is 0.357. The van der Waals surface area contributed by atoms with Crippen LogP contribution >= 0.6 is 0 Å². The maximum absolute atomic E-state index is 10.6. The molecular formula is C28H32O5. The molecule has 0 amide bonds. The van der Waals surface area contributed by atoms with Gasteiger partial charge in [-0.3, -0.25) is 0 Å². The molecule has 1 N–H and O–H groups in total. The summed E-state index contributed by atoms with van der Waals surface area (Å²) in [4.78, 5) is 0. The topological polar surface area (TPSA) is 57.2 Å². The highest BCUT2D eigenvalue weighted by molar-refractivity contribution is 5.15. The van der Waals surface area contributed by atoms with E-state index in [0.29, 0.717) is 26.4 Å². The fourth-order valence-electron chi connectivity index (χ4n) is 4.04. The molecule has 1 aliphatic rings. The lowest BCUT2D eigenvalue weighted by atomic mass is 9.92. The SMILES string of the molecule is C[C@H]1[C@@H](OCc2ccccc2)[C@@H](OCc2ccccc2)[C@@H](COCc2ccccc2)O[C@@H]1O. The van der Waals surface area contributed by atoms with Crippen molar-refractivity contribution in [2.45, 2.75) is 51.3 Å². The van der Waals surface area contributed by atoms with Crippen molar-refractivity contribution in [1.82, 2.24) is 0 Å². The average molecular weight is 449 g/mol. The predicted octanol–water partition coefficient (Wildman–Crippen LogP) is 4.73. The largest absolute Gasteiger partial charge is 0.374 e. The van der Waals surface area contributed by atoms with Gasteiger partial charge < -0.3 is 24.1 Å². The van der Waals surface area contributed by atoms with Crippen LogP contribution in [0, 0.1) is 5.92 Å². The fourth-order valence-corrected chi connectivity index (χ4v) is 4.04. The molecule has 1 aliphatic heterocycles. The van der Waals surface area contributed by atoms with Gasteiger partial charge in [0.05, 0.1) is 32.5 Å². The Kier molecular flexibility index (Phi) is 8.64. The van der Waals surface area contributed by atoms with Crippen molar-refractivity contribution in [2.24, 2.45) is 5.92 Å². The third-order valence-corrected chi connectivity index (χ3v) is 5.94. The summed E-state index contributed by atoms with van der Waals surface area (Å²) in [6.45, 7) is 3.56. The number of hydrogen-bond acceptors (Lipinski definition) is 5. The van der Waals surface area contributed by atoms with Gasteiger partial charge in [-0.15, -0.1) is 0 Å². The molecule has 0 radical (unpaired) electrons. The standard InChI is InChI=1S/C28H32O5/c1-21-26(31-18-23-13-7-3-8-14-23)27(32-19-24-15-9-4-10-16-24)25(33-28(21)29)20-30-17-22-11-5-2-6-12-22/h2-16,21,25-29H,17-20H2,1H3/t21-,25+,26+,27-,28-/m0/s1. The summed E-state index contributed by atoms with van der Waals surface area (Å²) < 4.78 is 24.6. The van der Waals surface area contributed by atoms with E-state index in [1.807, 2.05) is 97.9 Å².